The monoisotopic (exact) mass is 281 g/mol. The smallest absolute Gasteiger partial charge is 0.316 e. The molecule has 18 heavy (non-hydrogen) atoms. The lowest BCUT2D eigenvalue weighted by atomic mass is 10.3. The molecule has 0 aromatic heterocycles. The van der Waals surface area contributed by atoms with Crippen molar-refractivity contribution in [2.75, 3.05) is 0 Å². The second kappa shape index (κ2) is 5.80. The standard InChI is InChI=1S/C13H15NO2S2/c1-3-10-12(17-8(2)13(15)16)14-9-6-4-5-7-11(9)18-10/h4-8,10H,3H2,1-2H3,(H,15,16). The molecule has 1 aromatic rings. The molecule has 1 aromatic carbocycles. The van der Waals surface area contributed by atoms with Crippen LogP contribution >= 0.6 is 23.5 Å². The molecule has 0 radical (unpaired) electrons. The summed E-state index contributed by atoms with van der Waals surface area (Å²) in [6.45, 7) is 3.81. The number of aliphatic imine (C=N–C) groups is 1. The zero-order valence-electron chi connectivity index (χ0n) is 10.3. The van der Waals surface area contributed by atoms with E-state index in [2.05, 4.69) is 18.0 Å². The maximum absolute atomic E-state index is 10.9. The van der Waals surface area contributed by atoms with Gasteiger partial charge >= 0.3 is 5.97 Å². The first kappa shape index (κ1) is 13.5. The number of fused-ring (bicyclic) bond motifs is 1. The summed E-state index contributed by atoms with van der Waals surface area (Å²) in [6, 6.07) is 8.00. The normalized spacial score (nSPS) is 19.9. The summed E-state index contributed by atoms with van der Waals surface area (Å²) in [4.78, 5) is 16.7. The first-order valence-corrected chi connectivity index (χ1v) is 7.61. The molecule has 1 aliphatic rings. The van der Waals surface area contributed by atoms with E-state index in [1.54, 1.807) is 18.7 Å². The number of carbonyl (C=O) groups is 1. The average molecular weight is 281 g/mol. The molecule has 0 spiro atoms. The van der Waals surface area contributed by atoms with E-state index in [1.165, 1.54) is 16.7 Å². The van der Waals surface area contributed by atoms with Crippen molar-refractivity contribution in [3.63, 3.8) is 0 Å². The summed E-state index contributed by atoms with van der Waals surface area (Å²) in [5.41, 5.74) is 0.951. The Morgan fingerprint density at radius 1 is 1.56 bits per heavy atom. The highest BCUT2D eigenvalue weighted by molar-refractivity contribution is 8.17. The number of hydrogen-bond donors (Lipinski definition) is 1. The molecule has 0 bridgehead atoms. The Morgan fingerprint density at radius 3 is 2.94 bits per heavy atom. The van der Waals surface area contributed by atoms with Gasteiger partial charge in [-0.3, -0.25) is 4.79 Å². The fraction of sp³-hybridized carbons (Fsp3) is 0.385. The molecule has 2 unspecified atom stereocenters. The number of carboxylic acids is 1. The Labute approximate surface area is 115 Å². The van der Waals surface area contributed by atoms with Crippen molar-refractivity contribution in [1.82, 2.24) is 0 Å². The van der Waals surface area contributed by atoms with Gasteiger partial charge in [-0.15, -0.1) is 11.8 Å². The van der Waals surface area contributed by atoms with Gasteiger partial charge in [-0.05, 0) is 25.5 Å². The summed E-state index contributed by atoms with van der Waals surface area (Å²) in [5, 5.41) is 9.73. The number of carboxylic acid groups (broad SMARTS) is 1. The number of rotatable bonds is 3. The zero-order valence-corrected chi connectivity index (χ0v) is 11.9. The van der Waals surface area contributed by atoms with Gasteiger partial charge in [0.1, 0.15) is 5.25 Å². The lowest BCUT2D eigenvalue weighted by molar-refractivity contribution is -0.136. The second-order valence-electron chi connectivity index (χ2n) is 4.03. The summed E-state index contributed by atoms with van der Waals surface area (Å²) in [5.74, 6) is -0.790. The number of nitrogens with zero attached hydrogens (tertiary/aromatic N) is 1. The molecule has 96 valence electrons. The molecule has 0 saturated carbocycles. The van der Waals surface area contributed by atoms with Crippen LogP contribution in [-0.4, -0.2) is 26.6 Å². The molecule has 0 fully saturated rings. The van der Waals surface area contributed by atoms with Gasteiger partial charge in [-0.25, -0.2) is 4.99 Å². The number of para-hydroxylation sites is 1. The maximum atomic E-state index is 10.9. The maximum Gasteiger partial charge on any atom is 0.316 e. The van der Waals surface area contributed by atoms with E-state index in [1.807, 2.05) is 18.2 Å². The van der Waals surface area contributed by atoms with Crippen LogP contribution in [-0.2, 0) is 4.79 Å². The van der Waals surface area contributed by atoms with Crippen molar-refractivity contribution in [1.29, 1.82) is 0 Å². The summed E-state index contributed by atoms with van der Waals surface area (Å²) in [6.07, 6.45) is 0.956. The highest BCUT2D eigenvalue weighted by atomic mass is 32.2. The van der Waals surface area contributed by atoms with Crippen molar-refractivity contribution in [2.24, 2.45) is 4.99 Å². The number of benzene rings is 1. The molecule has 1 heterocycles. The molecule has 3 nitrogen and oxygen atoms in total. The first-order valence-electron chi connectivity index (χ1n) is 5.85. The molecule has 1 N–H and O–H groups in total. The van der Waals surface area contributed by atoms with Gasteiger partial charge in [0.25, 0.3) is 0 Å². The molecular formula is C13H15NO2S2. The first-order chi connectivity index (χ1) is 8.61. The van der Waals surface area contributed by atoms with Crippen molar-refractivity contribution in [2.45, 2.75) is 35.7 Å². The van der Waals surface area contributed by atoms with Gasteiger partial charge in [-0.2, -0.15) is 0 Å². The summed E-state index contributed by atoms with van der Waals surface area (Å²) < 4.78 is 0. The van der Waals surface area contributed by atoms with Crippen LogP contribution in [0, 0.1) is 0 Å². The van der Waals surface area contributed by atoms with Crippen LogP contribution in [0.4, 0.5) is 5.69 Å². The topological polar surface area (TPSA) is 49.7 Å². The Kier molecular flexibility index (Phi) is 4.35. The molecule has 2 atom stereocenters. The number of aliphatic carboxylic acids is 1. The van der Waals surface area contributed by atoms with E-state index in [0.717, 1.165) is 17.2 Å². The third kappa shape index (κ3) is 2.90. The van der Waals surface area contributed by atoms with Gasteiger partial charge in [0, 0.05) is 4.90 Å². The fourth-order valence-corrected chi connectivity index (χ4v) is 3.90. The van der Waals surface area contributed by atoms with E-state index in [4.69, 9.17) is 5.11 Å². The number of thioether (sulfide) groups is 2. The van der Waals surface area contributed by atoms with Gasteiger partial charge in [-0.1, -0.05) is 30.8 Å². The van der Waals surface area contributed by atoms with E-state index < -0.39 is 11.2 Å². The molecule has 0 amide bonds. The van der Waals surface area contributed by atoms with E-state index in [9.17, 15) is 4.79 Å². The third-order valence-electron chi connectivity index (χ3n) is 2.66. The second-order valence-corrected chi connectivity index (χ2v) is 6.64. The van der Waals surface area contributed by atoms with Crippen LogP contribution in [0.5, 0.6) is 0 Å². The third-order valence-corrected chi connectivity index (χ3v) is 5.42. The Bertz CT molecular complexity index is 488. The van der Waals surface area contributed by atoms with Crippen LogP contribution in [0.2, 0.25) is 0 Å². The zero-order chi connectivity index (χ0) is 13.1. The van der Waals surface area contributed by atoms with Crippen LogP contribution in [0.1, 0.15) is 20.3 Å². The van der Waals surface area contributed by atoms with Crippen LogP contribution in [0.15, 0.2) is 34.2 Å². The highest BCUT2D eigenvalue weighted by Gasteiger charge is 2.26. The van der Waals surface area contributed by atoms with Crippen molar-refractivity contribution >= 4 is 40.2 Å². The Balaban J connectivity index is 2.26. The quantitative estimate of drug-likeness (QED) is 0.915. The van der Waals surface area contributed by atoms with Crippen LogP contribution in [0.25, 0.3) is 0 Å². The molecule has 1 aliphatic heterocycles. The minimum absolute atomic E-state index is 0.270. The van der Waals surface area contributed by atoms with Crippen LogP contribution in [0.3, 0.4) is 0 Å². The largest absolute Gasteiger partial charge is 0.480 e. The van der Waals surface area contributed by atoms with Crippen molar-refractivity contribution in [3.8, 4) is 0 Å². The molecule has 0 saturated heterocycles. The van der Waals surface area contributed by atoms with E-state index >= 15 is 0 Å². The van der Waals surface area contributed by atoms with Gasteiger partial charge in [0.2, 0.25) is 0 Å². The van der Waals surface area contributed by atoms with Gasteiger partial charge in [0.15, 0.2) is 0 Å². The minimum Gasteiger partial charge on any atom is -0.480 e. The summed E-state index contributed by atoms with van der Waals surface area (Å²) in [7, 11) is 0. The predicted molar refractivity (Wildman–Crippen MR) is 78.2 cm³/mol. The number of hydrogen-bond acceptors (Lipinski definition) is 4. The van der Waals surface area contributed by atoms with Gasteiger partial charge in [0.05, 0.1) is 16.0 Å². The van der Waals surface area contributed by atoms with E-state index in [0.29, 0.717) is 0 Å². The molecular weight excluding hydrogens is 266 g/mol. The molecule has 2 rings (SSSR count). The lowest BCUT2D eigenvalue weighted by Crippen LogP contribution is -2.21. The fourth-order valence-electron chi connectivity index (χ4n) is 1.64. The Hall–Kier alpha value is -0.940. The summed E-state index contributed by atoms with van der Waals surface area (Å²) >= 11 is 3.13. The molecule has 0 aliphatic carbocycles. The Morgan fingerprint density at radius 2 is 2.28 bits per heavy atom. The van der Waals surface area contributed by atoms with Crippen LogP contribution < -0.4 is 0 Å². The lowest BCUT2D eigenvalue weighted by Gasteiger charge is -2.23. The average Bonchev–Trinajstić information content (AvgIpc) is 2.37. The van der Waals surface area contributed by atoms with Crippen molar-refractivity contribution in [3.05, 3.63) is 24.3 Å². The van der Waals surface area contributed by atoms with E-state index in [-0.39, 0.29) is 5.25 Å². The highest BCUT2D eigenvalue weighted by Crippen LogP contribution is 2.41. The van der Waals surface area contributed by atoms with Crippen molar-refractivity contribution < 1.29 is 9.90 Å². The molecule has 5 heteroatoms. The SMILES string of the molecule is CCC1Sc2ccccc2N=C1SC(C)C(=O)O. The van der Waals surface area contributed by atoms with Gasteiger partial charge < -0.3 is 5.11 Å². The predicted octanol–water partition coefficient (Wildman–Crippen LogP) is 3.81. The minimum atomic E-state index is -0.790.